The molecule has 0 atom stereocenters. The smallest absolute Gasteiger partial charge is 0.225 e. The molecule has 1 aromatic heterocycles. The predicted molar refractivity (Wildman–Crippen MR) is 109 cm³/mol. The lowest BCUT2D eigenvalue weighted by atomic mass is 10.1. The van der Waals surface area contributed by atoms with Gasteiger partial charge >= 0.3 is 0 Å². The van der Waals surface area contributed by atoms with Gasteiger partial charge in [-0.05, 0) is 12.5 Å². The number of anilines is 1. The average molecular weight is 362 g/mol. The summed E-state index contributed by atoms with van der Waals surface area (Å²) >= 11 is 0. The van der Waals surface area contributed by atoms with Crippen LogP contribution >= 0.6 is 0 Å². The fourth-order valence-electron chi connectivity index (χ4n) is 3.12. The molecule has 26 heavy (non-hydrogen) atoms. The van der Waals surface area contributed by atoms with E-state index >= 15 is 0 Å². The molecule has 0 aliphatic carbocycles. The van der Waals surface area contributed by atoms with Crippen LogP contribution in [0.1, 0.15) is 45.4 Å². The Morgan fingerprint density at radius 1 is 1.08 bits per heavy atom. The van der Waals surface area contributed by atoms with Crippen LogP contribution in [0, 0.1) is 0 Å². The number of nitrogens with one attached hydrogen (secondary N) is 1. The van der Waals surface area contributed by atoms with Gasteiger partial charge < -0.3 is 16.0 Å². The maximum absolute atomic E-state index is 5.95. The van der Waals surface area contributed by atoms with Crippen molar-refractivity contribution >= 4 is 11.9 Å². The molecule has 0 spiro atoms. The highest BCUT2D eigenvalue weighted by Gasteiger charge is 2.18. The molecule has 0 aromatic carbocycles. The van der Waals surface area contributed by atoms with Crippen molar-refractivity contribution < 1.29 is 0 Å². The number of hydrogen-bond donors (Lipinski definition) is 2. The molecule has 7 nitrogen and oxygen atoms in total. The third-order valence-electron chi connectivity index (χ3n) is 4.74. The summed E-state index contributed by atoms with van der Waals surface area (Å²) in [6.07, 6.45) is 11.3. The van der Waals surface area contributed by atoms with Crippen molar-refractivity contribution in [3.05, 3.63) is 18.5 Å². The molecule has 0 amide bonds. The van der Waals surface area contributed by atoms with E-state index in [9.17, 15) is 0 Å². The molecule has 0 radical (unpaired) electrons. The maximum atomic E-state index is 5.95. The molecule has 1 aliphatic heterocycles. The number of aromatic nitrogens is 2. The number of piperazine rings is 1. The quantitative estimate of drug-likeness (QED) is 0.356. The van der Waals surface area contributed by atoms with E-state index in [1.165, 1.54) is 32.1 Å². The summed E-state index contributed by atoms with van der Waals surface area (Å²) in [7, 11) is 0. The van der Waals surface area contributed by atoms with Crippen molar-refractivity contribution in [2.75, 3.05) is 50.7 Å². The van der Waals surface area contributed by atoms with Crippen LogP contribution < -0.4 is 16.0 Å². The predicted octanol–water partition coefficient (Wildman–Crippen LogP) is 1.86. The third kappa shape index (κ3) is 7.99. The number of unbranched alkanes of at least 4 members (excludes halogenated alkanes) is 5. The highest BCUT2D eigenvalue weighted by molar-refractivity contribution is 5.77. The Morgan fingerprint density at radius 2 is 1.77 bits per heavy atom. The Kier molecular flexibility index (Phi) is 9.79. The summed E-state index contributed by atoms with van der Waals surface area (Å²) in [4.78, 5) is 17.7. The first-order valence-electron chi connectivity index (χ1n) is 10.1. The lowest BCUT2D eigenvalue weighted by Crippen LogP contribution is -2.49. The summed E-state index contributed by atoms with van der Waals surface area (Å²) in [6, 6.07) is 1.85. The summed E-state index contributed by atoms with van der Waals surface area (Å²) < 4.78 is 0. The highest BCUT2D eigenvalue weighted by atomic mass is 15.3. The fraction of sp³-hybridized carbons (Fsp3) is 0.737. The van der Waals surface area contributed by atoms with Gasteiger partial charge in [0.2, 0.25) is 5.95 Å². The molecule has 2 heterocycles. The standard InChI is InChI=1S/C19H35N7/c1-2-3-4-5-6-7-9-21-18(20)22-12-13-25-14-16-26(17-15-25)19-23-10-8-11-24-19/h8,10-11H,2-7,9,12-17H2,1H3,(H3,20,21,22). The van der Waals surface area contributed by atoms with E-state index in [4.69, 9.17) is 5.73 Å². The van der Waals surface area contributed by atoms with Crippen molar-refractivity contribution in [2.45, 2.75) is 45.4 Å². The molecule has 0 saturated carbocycles. The molecule has 3 N–H and O–H groups in total. The summed E-state index contributed by atoms with van der Waals surface area (Å²) in [5.41, 5.74) is 5.95. The second kappa shape index (κ2) is 12.5. The Morgan fingerprint density at radius 3 is 2.50 bits per heavy atom. The number of hydrogen-bond acceptors (Lipinski definition) is 5. The normalized spacial score (nSPS) is 16.0. The zero-order valence-corrected chi connectivity index (χ0v) is 16.2. The molecule has 2 rings (SSSR count). The van der Waals surface area contributed by atoms with Gasteiger partial charge in [0.15, 0.2) is 5.96 Å². The monoisotopic (exact) mass is 361 g/mol. The summed E-state index contributed by atoms with van der Waals surface area (Å²) in [5.74, 6) is 1.41. The zero-order valence-electron chi connectivity index (χ0n) is 16.2. The molecule has 0 bridgehead atoms. The zero-order chi connectivity index (χ0) is 18.5. The van der Waals surface area contributed by atoms with E-state index in [0.717, 1.165) is 58.2 Å². The molecular formula is C19H35N7. The largest absolute Gasteiger partial charge is 0.370 e. The van der Waals surface area contributed by atoms with Crippen LogP contribution in [0.5, 0.6) is 0 Å². The maximum Gasteiger partial charge on any atom is 0.225 e. The van der Waals surface area contributed by atoms with E-state index in [0.29, 0.717) is 5.96 Å². The molecule has 1 fully saturated rings. The topological polar surface area (TPSA) is 82.7 Å². The minimum Gasteiger partial charge on any atom is -0.370 e. The van der Waals surface area contributed by atoms with Gasteiger partial charge in [-0.25, -0.2) is 9.97 Å². The third-order valence-corrected chi connectivity index (χ3v) is 4.74. The number of nitrogens with two attached hydrogens (primary N) is 1. The highest BCUT2D eigenvalue weighted by Crippen LogP contribution is 2.09. The summed E-state index contributed by atoms with van der Waals surface area (Å²) in [6.45, 7) is 8.88. The molecule has 1 aliphatic rings. The molecular weight excluding hydrogens is 326 g/mol. The molecule has 7 heteroatoms. The molecule has 0 unspecified atom stereocenters. The first kappa shape index (κ1) is 20.4. The van der Waals surface area contributed by atoms with Crippen molar-refractivity contribution in [3.63, 3.8) is 0 Å². The van der Waals surface area contributed by atoms with Crippen LogP contribution in [0.4, 0.5) is 5.95 Å². The van der Waals surface area contributed by atoms with Crippen LogP contribution in [0.25, 0.3) is 0 Å². The van der Waals surface area contributed by atoms with Crippen LogP contribution in [-0.4, -0.2) is 66.6 Å². The van der Waals surface area contributed by atoms with E-state index < -0.39 is 0 Å². The van der Waals surface area contributed by atoms with Gasteiger partial charge in [-0.3, -0.25) is 9.89 Å². The fourth-order valence-corrected chi connectivity index (χ4v) is 3.12. The van der Waals surface area contributed by atoms with E-state index in [2.05, 4.69) is 37.0 Å². The number of aliphatic imine (C=N–C) groups is 1. The SMILES string of the molecule is CCCCCCCCN=C(N)NCCN1CCN(c2ncccn2)CC1. The lowest BCUT2D eigenvalue weighted by molar-refractivity contribution is 0.260. The van der Waals surface area contributed by atoms with Crippen molar-refractivity contribution in [2.24, 2.45) is 10.7 Å². The van der Waals surface area contributed by atoms with Crippen LogP contribution in [0.3, 0.4) is 0 Å². The van der Waals surface area contributed by atoms with Gasteiger partial charge in [-0.15, -0.1) is 0 Å². The van der Waals surface area contributed by atoms with Gasteiger partial charge in [-0.1, -0.05) is 39.0 Å². The first-order valence-corrected chi connectivity index (χ1v) is 10.1. The van der Waals surface area contributed by atoms with E-state index in [1.54, 1.807) is 12.4 Å². The van der Waals surface area contributed by atoms with Gasteiger partial charge in [0.1, 0.15) is 0 Å². The number of nitrogens with zero attached hydrogens (tertiary/aromatic N) is 5. The van der Waals surface area contributed by atoms with Gasteiger partial charge in [0, 0.05) is 58.2 Å². The van der Waals surface area contributed by atoms with Crippen molar-refractivity contribution in [1.29, 1.82) is 0 Å². The Bertz CT molecular complexity index is 498. The molecule has 1 aromatic rings. The minimum absolute atomic E-state index is 0.579. The average Bonchev–Trinajstić information content (AvgIpc) is 2.68. The van der Waals surface area contributed by atoms with Gasteiger partial charge in [-0.2, -0.15) is 0 Å². The Balaban J connectivity index is 1.51. The van der Waals surface area contributed by atoms with Gasteiger partial charge in [0.25, 0.3) is 0 Å². The Hall–Kier alpha value is -1.89. The van der Waals surface area contributed by atoms with E-state index in [1.807, 2.05) is 6.07 Å². The van der Waals surface area contributed by atoms with Gasteiger partial charge in [0.05, 0.1) is 0 Å². The lowest BCUT2D eigenvalue weighted by Gasteiger charge is -2.34. The second-order valence-corrected chi connectivity index (χ2v) is 6.84. The van der Waals surface area contributed by atoms with Crippen LogP contribution in [-0.2, 0) is 0 Å². The minimum atomic E-state index is 0.579. The molecule has 146 valence electrons. The summed E-state index contributed by atoms with van der Waals surface area (Å²) in [5, 5.41) is 3.23. The van der Waals surface area contributed by atoms with Crippen molar-refractivity contribution in [3.8, 4) is 0 Å². The van der Waals surface area contributed by atoms with Crippen molar-refractivity contribution in [1.82, 2.24) is 20.2 Å². The number of rotatable bonds is 11. The van der Waals surface area contributed by atoms with Crippen LogP contribution in [0.2, 0.25) is 0 Å². The number of guanidine groups is 1. The van der Waals surface area contributed by atoms with Crippen LogP contribution in [0.15, 0.2) is 23.5 Å². The second-order valence-electron chi connectivity index (χ2n) is 6.84. The Labute approximate surface area is 158 Å². The molecule has 1 saturated heterocycles. The first-order chi connectivity index (χ1) is 12.8. The van der Waals surface area contributed by atoms with E-state index in [-0.39, 0.29) is 0 Å².